The number of ether oxygens (including phenoxy) is 1. The molecule has 1 N–H and O–H groups in total. The molecule has 23 heavy (non-hydrogen) atoms. The summed E-state index contributed by atoms with van der Waals surface area (Å²) in [6.07, 6.45) is 3.46. The molecule has 2 aromatic rings. The van der Waals surface area contributed by atoms with Gasteiger partial charge in [0.25, 0.3) is 0 Å². The zero-order valence-corrected chi connectivity index (χ0v) is 13.7. The first-order valence-electron chi connectivity index (χ1n) is 8.13. The Morgan fingerprint density at radius 1 is 1.35 bits per heavy atom. The second-order valence-electron chi connectivity index (χ2n) is 6.13. The van der Waals surface area contributed by atoms with E-state index in [0.717, 1.165) is 41.7 Å². The highest BCUT2D eigenvalue weighted by Crippen LogP contribution is 2.22. The molecule has 5 nitrogen and oxygen atoms in total. The van der Waals surface area contributed by atoms with Crippen LogP contribution in [-0.2, 0) is 4.74 Å². The largest absolute Gasteiger partial charge is 0.376 e. The van der Waals surface area contributed by atoms with Gasteiger partial charge in [-0.1, -0.05) is 18.2 Å². The Kier molecular flexibility index (Phi) is 4.76. The predicted octanol–water partition coefficient (Wildman–Crippen LogP) is 3.58. The van der Waals surface area contributed by atoms with Crippen molar-refractivity contribution in [2.75, 3.05) is 25.5 Å². The van der Waals surface area contributed by atoms with Gasteiger partial charge >= 0.3 is 6.03 Å². The van der Waals surface area contributed by atoms with Crippen molar-refractivity contribution in [2.24, 2.45) is 0 Å². The van der Waals surface area contributed by atoms with Gasteiger partial charge in [-0.05, 0) is 38.3 Å². The molecule has 0 spiro atoms. The highest BCUT2D eigenvalue weighted by atomic mass is 16.5. The van der Waals surface area contributed by atoms with Gasteiger partial charge in [-0.15, -0.1) is 0 Å². The number of hydrogen-bond acceptors (Lipinski definition) is 3. The lowest BCUT2D eigenvalue weighted by atomic mass is 10.1. The Bertz CT molecular complexity index is 696. The molecule has 3 rings (SSSR count). The molecule has 1 aliphatic rings. The van der Waals surface area contributed by atoms with Gasteiger partial charge in [0.2, 0.25) is 0 Å². The van der Waals surface area contributed by atoms with E-state index in [0.29, 0.717) is 6.54 Å². The molecule has 2 amide bonds. The fourth-order valence-corrected chi connectivity index (χ4v) is 2.90. The molecule has 1 aromatic heterocycles. The third kappa shape index (κ3) is 3.79. The molecule has 1 fully saturated rings. The summed E-state index contributed by atoms with van der Waals surface area (Å²) in [6.45, 7) is 3.36. The van der Waals surface area contributed by atoms with E-state index in [9.17, 15) is 4.79 Å². The van der Waals surface area contributed by atoms with Crippen LogP contribution in [0.5, 0.6) is 0 Å². The van der Waals surface area contributed by atoms with E-state index in [-0.39, 0.29) is 12.1 Å². The molecule has 0 bridgehead atoms. The fraction of sp³-hybridized carbons (Fsp3) is 0.444. The number of aryl methyl sites for hydroxylation is 1. The summed E-state index contributed by atoms with van der Waals surface area (Å²) in [4.78, 5) is 18.7. The molecular weight excluding hydrogens is 290 g/mol. The lowest BCUT2D eigenvalue weighted by molar-refractivity contribution is 0.00464. The van der Waals surface area contributed by atoms with Crippen LogP contribution in [0.3, 0.4) is 0 Å². The SMILES string of the molecule is Cc1ccc2cccc(NC(=O)N(C)C[C@H]3CCCCO3)c2n1. The smallest absolute Gasteiger partial charge is 0.321 e. The average molecular weight is 313 g/mol. The van der Waals surface area contributed by atoms with Crippen LogP contribution >= 0.6 is 0 Å². The monoisotopic (exact) mass is 313 g/mol. The molecular formula is C18H23N3O2. The lowest BCUT2D eigenvalue weighted by Gasteiger charge is -2.27. The summed E-state index contributed by atoms with van der Waals surface area (Å²) in [5.74, 6) is 0. The van der Waals surface area contributed by atoms with E-state index in [1.807, 2.05) is 37.3 Å². The second-order valence-corrected chi connectivity index (χ2v) is 6.13. The first-order chi connectivity index (χ1) is 11.1. The standard InChI is InChI=1S/C18H23N3O2/c1-13-9-10-14-6-5-8-16(17(14)19-13)20-18(22)21(2)12-15-7-3-4-11-23-15/h5-6,8-10,15H,3-4,7,11-12H2,1-2H3,(H,20,22)/t15-/m1/s1. The molecule has 2 heterocycles. The predicted molar refractivity (Wildman–Crippen MR) is 91.7 cm³/mol. The fourth-order valence-electron chi connectivity index (χ4n) is 2.90. The molecule has 1 atom stereocenters. The molecule has 0 unspecified atom stereocenters. The van der Waals surface area contributed by atoms with Gasteiger partial charge in [0, 0.05) is 31.3 Å². The number of likely N-dealkylation sites (N-methyl/N-ethyl adjacent to an activating group) is 1. The number of hydrogen-bond donors (Lipinski definition) is 1. The summed E-state index contributed by atoms with van der Waals surface area (Å²) in [5, 5.41) is 3.99. The lowest BCUT2D eigenvalue weighted by Crippen LogP contribution is -2.39. The number of rotatable bonds is 3. The van der Waals surface area contributed by atoms with Crippen LogP contribution in [0.1, 0.15) is 25.0 Å². The van der Waals surface area contributed by atoms with E-state index in [4.69, 9.17) is 4.74 Å². The second kappa shape index (κ2) is 6.96. The van der Waals surface area contributed by atoms with Crippen molar-refractivity contribution < 1.29 is 9.53 Å². The Labute approximate surface area is 136 Å². The Balaban J connectivity index is 1.70. The van der Waals surface area contributed by atoms with Crippen LogP contribution in [0.4, 0.5) is 10.5 Å². The van der Waals surface area contributed by atoms with Gasteiger partial charge < -0.3 is 15.0 Å². The van der Waals surface area contributed by atoms with Crippen molar-refractivity contribution in [3.8, 4) is 0 Å². The summed E-state index contributed by atoms with van der Waals surface area (Å²) < 4.78 is 5.70. The maximum absolute atomic E-state index is 12.4. The quantitative estimate of drug-likeness (QED) is 0.942. The number of pyridine rings is 1. The minimum absolute atomic E-state index is 0.130. The van der Waals surface area contributed by atoms with Crippen molar-refractivity contribution in [3.05, 3.63) is 36.0 Å². The number of amides is 2. The Hall–Kier alpha value is -2.14. The third-order valence-corrected chi connectivity index (χ3v) is 4.20. The molecule has 1 saturated heterocycles. The maximum atomic E-state index is 12.4. The van der Waals surface area contributed by atoms with E-state index in [2.05, 4.69) is 10.3 Å². The van der Waals surface area contributed by atoms with Crippen LogP contribution in [0, 0.1) is 6.92 Å². The number of para-hydroxylation sites is 1. The number of aromatic nitrogens is 1. The molecule has 1 aliphatic heterocycles. The Morgan fingerprint density at radius 2 is 2.22 bits per heavy atom. The first-order valence-corrected chi connectivity index (χ1v) is 8.13. The van der Waals surface area contributed by atoms with E-state index < -0.39 is 0 Å². The van der Waals surface area contributed by atoms with Gasteiger partial charge in [-0.3, -0.25) is 4.98 Å². The van der Waals surface area contributed by atoms with Crippen molar-refractivity contribution >= 4 is 22.6 Å². The van der Waals surface area contributed by atoms with E-state index in [1.54, 1.807) is 11.9 Å². The minimum atomic E-state index is -0.130. The molecule has 0 aliphatic carbocycles. The summed E-state index contributed by atoms with van der Waals surface area (Å²) in [7, 11) is 1.80. The van der Waals surface area contributed by atoms with Crippen LogP contribution in [-0.4, -0.2) is 42.2 Å². The molecule has 0 saturated carbocycles. The number of fused-ring (bicyclic) bond motifs is 1. The van der Waals surface area contributed by atoms with Gasteiger partial charge in [-0.2, -0.15) is 0 Å². The van der Waals surface area contributed by atoms with Crippen LogP contribution in [0.25, 0.3) is 10.9 Å². The van der Waals surface area contributed by atoms with Gasteiger partial charge in [0.15, 0.2) is 0 Å². The van der Waals surface area contributed by atoms with E-state index in [1.165, 1.54) is 6.42 Å². The van der Waals surface area contributed by atoms with Crippen LogP contribution in [0.15, 0.2) is 30.3 Å². The van der Waals surface area contributed by atoms with Crippen molar-refractivity contribution in [3.63, 3.8) is 0 Å². The van der Waals surface area contributed by atoms with Gasteiger partial charge in [0.1, 0.15) is 0 Å². The maximum Gasteiger partial charge on any atom is 0.321 e. The average Bonchev–Trinajstić information content (AvgIpc) is 2.56. The Morgan fingerprint density at radius 3 is 3.00 bits per heavy atom. The highest BCUT2D eigenvalue weighted by Gasteiger charge is 2.19. The minimum Gasteiger partial charge on any atom is -0.376 e. The van der Waals surface area contributed by atoms with Crippen LogP contribution < -0.4 is 5.32 Å². The number of carbonyl (C=O) groups excluding carboxylic acids is 1. The van der Waals surface area contributed by atoms with Crippen molar-refractivity contribution in [1.29, 1.82) is 0 Å². The topological polar surface area (TPSA) is 54.5 Å². The number of carbonyl (C=O) groups is 1. The molecule has 122 valence electrons. The summed E-state index contributed by atoms with van der Waals surface area (Å²) >= 11 is 0. The molecule has 1 aromatic carbocycles. The number of nitrogens with zero attached hydrogens (tertiary/aromatic N) is 2. The summed E-state index contributed by atoms with van der Waals surface area (Å²) in [6, 6.07) is 9.68. The highest BCUT2D eigenvalue weighted by molar-refractivity contribution is 5.99. The van der Waals surface area contributed by atoms with Crippen LogP contribution in [0.2, 0.25) is 0 Å². The number of nitrogens with one attached hydrogen (secondary N) is 1. The van der Waals surface area contributed by atoms with E-state index >= 15 is 0 Å². The zero-order chi connectivity index (χ0) is 16.2. The number of anilines is 1. The van der Waals surface area contributed by atoms with Crippen molar-refractivity contribution in [2.45, 2.75) is 32.3 Å². The molecule has 0 radical (unpaired) electrons. The normalized spacial score (nSPS) is 17.9. The van der Waals surface area contributed by atoms with Gasteiger partial charge in [-0.25, -0.2) is 4.79 Å². The van der Waals surface area contributed by atoms with Gasteiger partial charge in [0.05, 0.1) is 17.3 Å². The van der Waals surface area contributed by atoms with Crippen molar-refractivity contribution in [1.82, 2.24) is 9.88 Å². The third-order valence-electron chi connectivity index (χ3n) is 4.20. The summed E-state index contributed by atoms with van der Waals surface area (Å²) in [5.41, 5.74) is 2.50. The number of urea groups is 1. The zero-order valence-electron chi connectivity index (χ0n) is 13.7. The molecule has 5 heteroatoms. The first kappa shape index (κ1) is 15.7. The number of benzene rings is 1.